The maximum atomic E-state index is 12.8. The molecule has 0 aromatic heterocycles. The van der Waals surface area contributed by atoms with E-state index in [1.165, 1.54) is 0 Å². The van der Waals surface area contributed by atoms with Crippen molar-refractivity contribution in [2.24, 2.45) is 0 Å². The van der Waals surface area contributed by atoms with E-state index in [1.54, 1.807) is 0 Å². The number of esters is 1. The Labute approximate surface area is 94.2 Å². The second-order valence-corrected chi connectivity index (χ2v) is 4.18. The van der Waals surface area contributed by atoms with Crippen molar-refractivity contribution in [3.05, 3.63) is 0 Å². The first-order valence-electron chi connectivity index (χ1n) is 5.13. The standard InChI is InChI=1S/C9H11F4NO3/c10-5-1-2-8(16-3-5)4-14-6(8)17-7(15)9(11,12)13/h5-6,14H,1-4H2. The molecule has 0 radical (unpaired) electrons. The number of halogens is 4. The summed E-state index contributed by atoms with van der Waals surface area (Å²) in [6.07, 6.45) is -6.86. The van der Waals surface area contributed by atoms with Crippen molar-refractivity contribution in [1.82, 2.24) is 5.32 Å². The summed E-state index contributed by atoms with van der Waals surface area (Å²) >= 11 is 0. The first-order chi connectivity index (χ1) is 7.83. The lowest BCUT2D eigenvalue weighted by Crippen LogP contribution is -2.72. The average molecular weight is 257 g/mol. The predicted molar refractivity (Wildman–Crippen MR) is 46.8 cm³/mol. The third kappa shape index (κ3) is 2.37. The molecule has 3 atom stereocenters. The quantitative estimate of drug-likeness (QED) is 0.560. The Kier molecular flexibility index (Phi) is 3.03. The summed E-state index contributed by atoms with van der Waals surface area (Å²) in [5, 5.41) is 2.53. The van der Waals surface area contributed by atoms with Crippen LogP contribution < -0.4 is 5.32 Å². The van der Waals surface area contributed by atoms with E-state index in [2.05, 4.69) is 10.1 Å². The molecule has 1 spiro atoms. The van der Waals surface area contributed by atoms with E-state index in [9.17, 15) is 22.4 Å². The van der Waals surface area contributed by atoms with Crippen molar-refractivity contribution in [3.8, 4) is 0 Å². The number of carbonyl (C=O) groups is 1. The molecule has 0 saturated carbocycles. The van der Waals surface area contributed by atoms with Crippen molar-refractivity contribution in [3.63, 3.8) is 0 Å². The Bertz CT molecular complexity index is 312. The zero-order valence-corrected chi connectivity index (χ0v) is 8.72. The summed E-state index contributed by atoms with van der Waals surface area (Å²) in [5.41, 5.74) is -0.997. The van der Waals surface area contributed by atoms with Gasteiger partial charge in [0.15, 0.2) is 6.23 Å². The van der Waals surface area contributed by atoms with Crippen LogP contribution in [0.4, 0.5) is 17.6 Å². The van der Waals surface area contributed by atoms with Gasteiger partial charge in [-0.1, -0.05) is 0 Å². The Hall–Kier alpha value is -0.890. The molecule has 1 N–H and O–H groups in total. The molecule has 2 saturated heterocycles. The van der Waals surface area contributed by atoms with Crippen LogP contribution >= 0.6 is 0 Å². The molecule has 0 amide bonds. The molecule has 0 bridgehead atoms. The molecule has 2 rings (SSSR count). The van der Waals surface area contributed by atoms with Gasteiger partial charge in [-0.2, -0.15) is 13.2 Å². The van der Waals surface area contributed by atoms with E-state index in [0.717, 1.165) is 0 Å². The first kappa shape index (κ1) is 12.6. The molecule has 0 aliphatic carbocycles. The van der Waals surface area contributed by atoms with Crippen molar-refractivity contribution >= 4 is 5.97 Å². The molecule has 3 unspecified atom stereocenters. The zero-order chi connectivity index (χ0) is 12.7. The number of ether oxygens (including phenoxy) is 2. The highest BCUT2D eigenvalue weighted by molar-refractivity contribution is 5.75. The van der Waals surface area contributed by atoms with Crippen LogP contribution in [-0.2, 0) is 14.3 Å². The van der Waals surface area contributed by atoms with Gasteiger partial charge in [-0.3, -0.25) is 5.32 Å². The molecule has 2 heterocycles. The van der Waals surface area contributed by atoms with Crippen LogP contribution in [0.3, 0.4) is 0 Å². The average Bonchev–Trinajstić information content (AvgIpc) is 2.24. The van der Waals surface area contributed by atoms with Crippen LogP contribution in [0.25, 0.3) is 0 Å². The third-order valence-corrected chi connectivity index (χ3v) is 2.95. The molecular weight excluding hydrogens is 246 g/mol. The lowest BCUT2D eigenvalue weighted by molar-refractivity contribution is -0.253. The van der Waals surface area contributed by atoms with E-state index in [0.29, 0.717) is 0 Å². The molecule has 0 aromatic rings. The van der Waals surface area contributed by atoms with Gasteiger partial charge in [0, 0.05) is 6.54 Å². The number of nitrogens with one attached hydrogen (secondary N) is 1. The molecule has 2 aliphatic heterocycles. The Balaban J connectivity index is 1.93. The van der Waals surface area contributed by atoms with Crippen LogP contribution in [0.1, 0.15) is 12.8 Å². The van der Waals surface area contributed by atoms with Crippen molar-refractivity contribution in [2.45, 2.75) is 37.0 Å². The van der Waals surface area contributed by atoms with E-state index >= 15 is 0 Å². The SMILES string of the molecule is O=C(OC1NCC12CCC(F)CO2)C(F)(F)F. The van der Waals surface area contributed by atoms with Gasteiger partial charge < -0.3 is 9.47 Å². The first-order valence-corrected chi connectivity index (χ1v) is 5.13. The maximum Gasteiger partial charge on any atom is 0.490 e. The monoisotopic (exact) mass is 257 g/mol. The molecule has 98 valence electrons. The fourth-order valence-electron chi connectivity index (χ4n) is 1.90. The van der Waals surface area contributed by atoms with Crippen LogP contribution in [0, 0.1) is 0 Å². The summed E-state index contributed by atoms with van der Waals surface area (Å²) < 4.78 is 58.2. The minimum Gasteiger partial charge on any atom is -0.437 e. The molecule has 8 heteroatoms. The highest BCUT2D eigenvalue weighted by atomic mass is 19.4. The maximum absolute atomic E-state index is 12.8. The Morgan fingerprint density at radius 3 is 2.59 bits per heavy atom. The zero-order valence-electron chi connectivity index (χ0n) is 8.72. The second-order valence-electron chi connectivity index (χ2n) is 4.18. The molecular formula is C9H11F4NO3. The Morgan fingerprint density at radius 2 is 2.18 bits per heavy atom. The minimum absolute atomic E-state index is 0.179. The smallest absolute Gasteiger partial charge is 0.437 e. The van der Waals surface area contributed by atoms with Crippen LogP contribution in [0.5, 0.6) is 0 Å². The van der Waals surface area contributed by atoms with E-state index in [4.69, 9.17) is 4.74 Å². The number of carbonyl (C=O) groups excluding carboxylic acids is 1. The van der Waals surface area contributed by atoms with Gasteiger partial charge in [-0.25, -0.2) is 9.18 Å². The predicted octanol–water partition coefficient (Wildman–Crippen LogP) is 0.908. The molecule has 4 nitrogen and oxygen atoms in total. The fraction of sp³-hybridized carbons (Fsp3) is 0.889. The highest BCUT2D eigenvalue weighted by Crippen LogP contribution is 2.36. The largest absolute Gasteiger partial charge is 0.490 e. The summed E-state index contributed by atoms with van der Waals surface area (Å²) in [5.74, 6) is -2.26. The van der Waals surface area contributed by atoms with Crippen LogP contribution in [-0.4, -0.2) is 43.3 Å². The third-order valence-electron chi connectivity index (χ3n) is 2.95. The van der Waals surface area contributed by atoms with Gasteiger partial charge in [0.05, 0.1) is 6.61 Å². The fourth-order valence-corrected chi connectivity index (χ4v) is 1.90. The molecule has 17 heavy (non-hydrogen) atoms. The van der Waals surface area contributed by atoms with Gasteiger partial charge in [0.25, 0.3) is 0 Å². The Morgan fingerprint density at radius 1 is 1.47 bits per heavy atom. The number of rotatable bonds is 1. The van der Waals surface area contributed by atoms with E-state index in [1.807, 2.05) is 0 Å². The second kappa shape index (κ2) is 4.09. The number of hydrogen-bond acceptors (Lipinski definition) is 4. The van der Waals surface area contributed by atoms with Gasteiger partial charge >= 0.3 is 12.1 Å². The van der Waals surface area contributed by atoms with Gasteiger partial charge in [0.1, 0.15) is 11.8 Å². The molecule has 2 aliphatic rings. The van der Waals surface area contributed by atoms with Crippen molar-refractivity contribution < 1.29 is 31.8 Å². The molecule has 2 fully saturated rings. The summed E-state index contributed by atoms with van der Waals surface area (Å²) in [6.45, 7) is 0.0806. The summed E-state index contributed by atoms with van der Waals surface area (Å²) in [7, 11) is 0. The number of hydrogen-bond donors (Lipinski definition) is 1. The number of alkyl halides is 4. The highest BCUT2D eigenvalue weighted by Gasteiger charge is 2.55. The lowest BCUT2D eigenvalue weighted by atomic mass is 9.85. The lowest BCUT2D eigenvalue weighted by Gasteiger charge is -2.50. The van der Waals surface area contributed by atoms with Gasteiger partial charge in [0.2, 0.25) is 0 Å². The van der Waals surface area contributed by atoms with Crippen LogP contribution in [0.15, 0.2) is 0 Å². The molecule has 0 aromatic carbocycles. The normalized spacial score (nSPS) is 37.6. The summed E-state index contributed by atoms with van der Waals surface area (Å²) in [4.78, 5) is 10.6. The van der Waals surface area contributed by atoms with Crippen molar-refractivity contribution in [2.75, 3.05) is 13.2 Å². The van der Waals surface area contributed by atoms with Crippen LogP contribution in [0.2, 0.25) is 0 Å². The minimum atomic E-state index is -5.03. The summed E-state index contributed by atoms with van der Waals surface area (Å²) in [6, 6.07) is 0. The van der Waals surface area contributed by atoms with E-state index < -0.39 is 30.1 Å². The van der Waals surface area contributed by atoms with Gasteiger partial charge in [-0.15, -0.1) is 0 Å². The van der Waals surface area contributed by atoms with Gasteiger partial charge in [-0.05, 0) is 12.8 Å². The topological polar surface area (TPSA) is 47.6 Å². The van der Waals surface area contributed by atoms with E-state index in [-0.39, 0.29) is 26.0 Å². The van der Waals surface area contributed by atoms with Crippen molar-refractivity contribution in [1.29, 1.82) is 0 Å².